The molecule has 0 saturated carbocycles. The third kappa shape index (κ3) is 6.09. The Morgan fingerprint density at radius 2 is 2.08 bits per heavy atom. The van der Waals surface area contributed by atoms with E-state index in [1.165, 1.54) is 7.11 Å². The average Bonchev–Trinajstić information content (AvgIpc) is 2.58. The fourth-order valence-electron chi connectivity index (χ4n) is 1.95. The SMILES string of the molecule is COc1cc(/C=N\NCc2ccc(Cl)cc2)cc(I)c1OCC(=O)O. The molecule has 0 aliphatic carbocycles. The Balaban J connectivity index is 2.02. The average molecular weight is 475 g/mol. The highest BCUT2D eigenvalue weighted by atomic mass is 127. The van der Waals surface area contributed by atoms with Crippen LogP contribution in [-0.2, 0) is 11.3 Å². The molecule has 0 heterocycles. The number of nitrogens with one attached hydrogen (secondary N) is 1. The molecule has 0 unspecified atom stereocenters. The van der Waals surface area contributed by atoms with Gasteiger partial charge in [-0.05, 0) is 58.0 Å². The number of carbonyl (C=O) groups is 1. The van der Waals surface area contributed by atoms with Crippen molar-refractivity contribution in [3.63, 3.8) is 0 Å². The second kappa shape index (κ2) is 9.47. The number of rotatable bonds is 8. The first-order valence-electron chi connectivity index (χ1n) is 7.22. The molecule has 0 aromatic heterocycles. The summed E-state index contributed by atoms with van der Waals surface area (Å²) in [6.45, 7) is 0.143. The summed E-state index contributed by atoms with van der Waals surface area (Å²) in [6, 6.07) is 11.0. The van der Waals surface area contributed by atoms with Crippen molar-refractivity contribution in [2.75, 3.05) is 13.7 Å². The molecule has 0 bridgehead atoms. The van der Waals surface area contributed by atoms with Gasteiger partial charge in [-0.3, -0.25) is 0 Å². The van der Waals surface area contributed by atoms with Crippen LogP contribution >= 0.6 is 34.2 Å². The Bertz CT molecular complexity index is 766. The van der Waals surface area contributed by atoms with Crippen molar-refractivity contribution < 1.29 is 19.4 Å². The van der Waals surface area contributed by atoms with Crippen LogP contribution in [0.3, 0.4) is 0 Å². The summed E-state index contributed by atoms with van der Waals surface area (Å²) in [5.41, 5.74) is 4.82. The van der Waals surface area contributed by atoms with Gasteiger partial charge in [0.25, 0.3) is 0 Å². The summed E-state index contributed by atoms with van der Waals surface area (Å²) < 4.78 is 11.3. The largest absolute Gasteiger partial charge is 0.493 e. The van der Waals surface area contributed by atoms with E-state index in [0.29, 0.717) is 23.1 Å². The van der Waals surface area contributed by atoms with Gasteiger partial charge in [-0.2, -0.15) is 5.10 Å². The highest BCUT2D eigenvalue weighted by molar-refractivity contribution is 14.1. The Morgan fingerprint density at radius 3 is 2.72 bits per heavy atom. The van der Waals surface area contributed by atoms with E-state index < -0.39 is 12.6 Å². The number of carboxylic acid groups (broad SMARTS) is 1. The fourth-order valence-corrected chi connectivity index (χ4v) is 2.85. The minimum absolute atomic E-state index is 0.400. The number of benzene rings is 2. The van der Waals surface area contributed by atoms with Crippen LogP contribution in [0, 0.1) is 3.57 Å². The van der Waals surface area contributed by atoms with E-state index in [9.17, 15) is 4.79 Å². The molecular formula is C17H16ClIN2O4. The molecule has 0 radical (unpaired) electrons. The number of hydrazone groups is 1. The van der Waals surface area contributed by atoms with Crippen molar-refractivity contribution >= 4 is 46.4 Å². The van der Waals surface area contributed by atoms with E-state index >= 15 is 0 Å². The van der Waals surface area contributed by atoms with Crippen molar-refractivity contribution in [2.45, 2.75) is 6.54 Å². The summed E-state index contributed by atoms with van der Waals surface area (Å²) in [6.07, 6.45) is 1.65. The minimum atomic E-state index is -1.05. The van der Waals surface area contributed by atoms with E-state index in [0.717, 1.165) is 14.7 Å². The van der Waals surface area contributed by atoms with Crippen LogP contribution in [0.2, 0.25) is 5.02 Å². The first kappa shape index (κ1) is 19.3. The number of carboxylic acids is 1. The van der Waals surface area contributed by atoms with Gasteiger partial charge in [-0.1, -0.05) is 23.7 Å². The number of methoxy groups -OCH3 is 1. The van der Waals surface area contributed by atoms with Gasteiger partial charge in [-0.15, -0.1) is 0 Å². The maximum absolute atomic E-state index is 10.7. The fraction of sp³-hybridized carbons (Fsp3) is 0.176. The highest BCUT2D eigenvalue weighted by Crippen LogP contribution is 2.33. The van der Waals surface area contributed by atoms with E-state index in [-0.39, 0.29) is 0 Å². The van der Waals surface area contributed by atoms with Crippen LogP contribution < -0.4 is 14.9 Å². The van der Waals surface area contributed by atoms with Crippen LogP contribution in [-0.4, -0.2) is 31.0 Å². The first-order valence-corrected chi connectivity index (χ1v) is 8.67. The number of nitrogens with zero attached hydrogens (tertiary/aromatic N) is 1. The smallest absolute Gasteiger partial charge is 0.341 e. The van der Waals surface area contributed by atoms with Crippen molar-refractivity contribution in [3.05, 3.63) is 56.1 Å². The molecule has 0 saturated heterocycles. The first-order chi connectivity index (χ1) is 12.0. The van der Waals surface area contributed by atoms with Gasteiger partial charge < -0.3 is 20.0 Å². The molecule has 0 aliphatic rings. The zero-order valence-corrected chi connectivity index (χ0v) is 16.2. The Morgan fingerprint density at radius 1 is 1.36 bits per heavy atom. The van der Waals surface area contributed by atoms with Gasteiger partial charge in [0.05, 0.1) is 23.4 Å². The summed E-state index contributed by atoms with van der Waals surface area (Å²) in [4.78, 5) is 10.7. The van der Waals surface area contributed by atoms with Crippen LogP contribution in [0.4, 0.5) is 0 Å². The standard InChI is InChI=1S/C17H16ClIN2O4/c1-24-15-7-12(6-14(19)17(15)25-10-16(22)23)9-21-20-8-11-2-4-13(18)5-3-11/h2-7,9,20H,8,10H2,1H3,(H,22,23)/b21-9-. The summed E-state index contributed by atoms with van der Waals surface area (Å²) >= 11 is 7.91. The van der Waals surface area contributed by atoms with Gasteiger partial charge in [0, 0.05) is 5.02 Å². The molecule has 0 aliphatic heterocycles. The summed E-state index contributed by atoms with van der Waals surface area (Å²) in [5, 5.41) is 13.6. The van der Waals surface area contributed by atoms with E-state index in [2.05, 4.69) is 33.1 Å². The van der Waals surface area contributed by atoms with Gasteiger partial charge in [-0.25, -0.2) is 4.79 Å². The molecule has 0 amide bonds. The van der Waals surface area contributed by atoms with E-state index in [1.807, 2.05) is 30.3 Å². The molecule has 132 valence electrons. The quantitative estimate of drug-likeness (QED) is 0.348. The van der Waals surface area contributed by atoms with Crippen LogP contribution in [0.25, 0.3) is 0 Å². The predicted molar refractivity (Wildman–Crippen MR) is 105 cm³/mol. The normalized spacial score (nSPS) is 10.7. The molecular weight excluding hydrogens is 459 g/mol. The Labute approximate surface area is 163 Å². The van der Waals surface area contributed by atoms with Gasteiger partial charge in [0.2, 0.25) is 0 Å². The third-order valence-electron chi connectivity index (χ3n) is 3.09. The van der Waals surface area contributed by atoms with Crippen LogP contribution in [0.15, 0.2) is 41.5 Å². The molecule has 0 atom stereocenters. The maximum Gasteiger partial charge on any atom is 0.341 e. The van der Waals surface area contributed by atoms with Crippen LogP contribution in [0.1, 0.15) is 11.1 Å². The molecule has 6 nitrogen and oxygen atoms in total. The molecule has 0 fully saturated rings. The second-order valence-electron chi connectivity index (χ2n) is 4.94. The number of halogens is 2. The molecule has 2 aromatic rings. The van der Waals surface area contributed by atoms with Gasteiger partial charge in [0.15, 0.2) is 18.1 Å². The monoisotopic (exact) mass is 474 g/mol. The number of ether oxygens (including phenoxy) is 2. The lowest BCUT2D eigenvalue weighted by Gasteiger charge is -2.12. The molecule has 2 N–H and O–H groups in total. The third-order valence-corrected chi connectivity index (χ3v) is 4.15. The topological polar surface area (TPSA) is 80.1 Å². The zero-order valence-electron chi connectivity index (χ0n) is 13.3. The molecule has 2 rings (SSSR count). The van der Waals surface area contributed by atoms with E-state index in [4.69, 9.17) is 26.2 Å². The lowest BCUT2D eigenvalue weighted by atomic mass is 10.2. The number of hydrogen-bond acceptors (Lipinski definition) is 5. The lowest BCUT2D eigenvalue weighted by Crippen LogP contribution is -2.11. The second-order valence-corrected chi connectivity index (χ2v) is 6.53. The lowest BCUT2D eigenvalue weighted by molar-refractivity contribution is -0.139. The number of hydrogen-bond donors (Lipinski definition) is 2. The van der Waals surface area contributed by atoms with Crippen molar-refractivity contribution in [3.8, 4) is 11.5 Å². The summed E-state index contributed by atoms with van der Waals surface area (Å²) in [5.74, 6) is -0.195. The highest BCUT2D eigenvalue weighted by Gasteiger charge is 2.12. The minimum Gasteiger partial charge on any atom is -0.493 e. The Hall–Kier alpha value is -2.00. The molecule has 2 aromatic carbocycles. The zero-order chi connectivity index (χ0) is 18.2. The van der Waals surface area contributed by atoms with Crippen LogP contribution in [0.5, 0.6) is 11.5 Å². The summed E-state index contributed by atoms with van der Waals surface area (Å²) in [7, 11) is 1.50. The van der Waals surface area contributed by atoms with Crippen molar-refractivity contribution in [2.24, 2.45) is 5.10 Å². The number of aliphatic carboxylic acids is 1. The molecule has 0 spiro atoms. The predicted octanol–water partition coefficient (Wildman–Crippen LogP) is 3.54. The maximum atomic E-state index is 10.7. The molecule has 25 heavy (non-hydrogen) atoms. The molecule has 8 heteroatoms. The Kier molecular flexibility index (Phi) is 7.32. The van der Waals surface area contributed by atoms with Crippen molar-refractivity contribution in [1.82, 2.24) is 5.43 Å². The van der Waals surface area contributed by atoms with Gasteiger partial charge >= 0.3 is 5.97 Å². The van der Waals surface area contributed by atoms with Crippen molar-refractivity contribution in [1.29, 1.82) is 0 Å². The van der Waals surface area contributed by atoms with Gasteiger partial charge in [0.1, 0.15) is 0 Å². The van der Waals surface area contributed by atoms with E-state index in [1.54, 1.807) is 12.3 Å².